The monoisotopic (exact) mass is 446 g/mol. The first-order valence-corrected chi connectivity index (χ1v) is 11.1. The van der Waals surface area contributed by atoms with Crippen LogP contribution in [-0.2, 0) is 10.0 Å². The average molecular weight is 447 g/mol. The molecular formula is C21H26N4O3S2. The zero-order valence-corrected chi connectivity index (χ0v) is 19.0. The lowest BCUT2D eigenvalue weighted by Gasteiger charge is -2.15. The summed E-state index contributed by atoms with van der Waals surface area (Å²) in [7, 11) is -3.60. The minimum atomic E-state index is -3.60. The van der Waals surface area contributed by atoms with Gasteiger partial charge >= 0.3 is 0 Å². The van der Waals surface area contributed by atoms with Crippen molar-refractivity contribution in [3.8, 4) is 22.5 Å². The number of nitrogens with zero attached hydrogens (tertiary/aromatic N) is 2. The number of pyridine rings is 1. The fourth-order valence-electron chi connectivity index (χ4n) is 3.40. The summed E-state index contributed by atoms with van der Waals surface area (Å²) < 4.78 is 33.8. The van der Waals surface area contributed by atoms with Gasteiger partial charge in [0.25, 0.3) is 0 Å². The maximum absolute atomic E-state index is 12.8. The van der Waals surface area contributed by atoms with E-state index >= 15 is 0 Å². The van der Waals surface area contributed by atoms with E-state index in [4.69, 9.17) is 10.3 Å². The van der Waals surface area contributed by atoms with Crippen molar-refractivity contribution < 1.29 is 12.9 Å². The number of sulfonamides is 1. The minimum Gasteiger partial charge on any atom is -0.383 e. The lowest BCUT2D eigenvalue weighted by molar-refractivity contribution is 0.427. The van der Waals surface area contributed by atoms with Gasteiger partial charge in [-0.2, -0.15) is 13.5 Å². The quantitative estimate of drug-likeness (QED) is 0.596. The molecule has 0 aliphatic heterocycles. The third-order valence-corrected chi connectivity index (χ3v) is 6.87. The van der Waals surface area contributed by atoms with Crippen LogP contribution in [0.3, 0.4) is 0 Å². The second-order valence-corrected chi connectivity index (χ2v) is 9.43. The molecule has 0 spiro atoms. The Labute approximate surface area is 183 Å². The molecule has 9 heteroatoms. The first-order chi connectivity index (χ1) is 13.7. The summed E-state index contributed by atoms with van der Waals surface area (Å²) in [5.74, 6) is 1.28. The van der Waals surface area contributed by atoms with E-state index in [0.29, 0.717) is 23.1 Å². The zero-order chi connectivity index (χ0) is 20.8. The molecule has 3 N–H and O–H groups in total. The van der Waals surface area contributed by atoms with Crippen molar-refractivity contribution in [1.29, 1.82) is 0 Å². The third kappa shape index (κ3) is 4.53. The number of nitrogens with two attached hydrogens (primary N) is 1. The van der Waals surface area contributed by atoms with Crippen molar-refractivity contribution in [2.45, 2.75) is 44.6 Å². The van der Waals surface area contributed by atoms with E-state index in [9.17, 15) is 8.42 Å². The van der Waals surface area contributed by atoms with Gasteiger partial charge in [-0.1, -0.05) is 11.2 Å². The third-order valence-electron chi connectivity index (χ3n) is 5.31. The Hall–Kier alpha value is -2.36. The molecule has 160 valence electrons. The number of nitrogens with one attached hydrogen (secondary N) is 1. The minimum absolute atomic E-state index is 0. The summed E-state index contributed by atoms with van der Waals surface area (Å²) in [5.41, 5.74) is 9.86. The van der Waals surface area contributed by atoms with Gasteiger partial charge < -0.3 is 10.3 Å². The van der Waals surface area contributed by atoms with Crippen LogP contribution in [0.1, 0.15) is 31.0 Å². The highest BCUT2D eigenvalue weighted by Crippen LogP contribution is 2.34. The molecule has 0 saturated heterocycles. The molecule has 7 nitrogen and oxygen atoms in total. The number of aromatic nitrogens is 2. The number of hydrogen-bond donors (Lipinski definition) is 2. The lowest BCUT2D eigenvalue weighted by Crippen LogP contribution is -2.34. The van der Waals surface area contributed by atoms with Crippen molar-refractivity contribution in [2.24, 2.45) is 5.92 Å². The van der Waals surface area contributed by atoms with Crippen molar-refractivity contribution in [3.05, 3.63) is 47.8 Å². The van der Waals surface area contributed by atoms with Gasteiger partial charge in [-0.3, -0.25) is 0 Å². The molecule has 1 atom stereocenters. The van der Waals surface area contributed by atoms with Gasteiger partial charge in [-0.25, -0.2) is 18.1 Å². The van der Waals surface area contributed by atoms with Crippen LogP contribution in [-0.4, -0.2) is 24.6 Å². The van der Waals surface area contributed by atoms with Gasteiger partial charge in [0.1, 0.15) is 5.82 Å². The van der Waals surface area contributed by atoms with Crippen LogP contribution in [0.25, 0.3) is 22.5 Å². The Morgan fingerprint density at radius 1 is 1.17 bits per heavy atom. The predicted octanol–water partition coefficient (Wildman–Crippen LogP) is 3.79. The standard InChI is InChI=1S/C21H24N4O3S.H2S/c1-12-4-7-17(29(26,27)25-14(3)15-5-6-15)10-18(12)16-9-19(21(22)23-11-16)20-8-13(2)24-28-20;/h4,7-11,14-15,25H,5-6H2,1-3H3,(H2,22,23);1H2/t14-;/m0./s1. The van der Waals surface area contributed by atoms with Gasteiger partial charge in [0.15, 0.2) is 5.76 Å². The molecule has 0 amide bonds. The summed E-state index contributed by atoms with van der Waals surface area (Å²) in [5, 5.41) is 3.90. The number of nitrogen functional groups attached to an aromatic ring is 1. The number of hydrogen-bond acceptors (Lipinski definition) is 6. The van der Waals surface area contributed by atoms with Gasteiger partial charge in [0.2, 0.25) is 10.0 Å². The van der Waals surface area contributed by atoms with Gasteiger partial charge in [-0.15, -0.1) is 0 Å². The summed E-state index contributed by atoms with van der Waals surface area (Å²) >= 11 is 0. The van der Waals surface area contributed by atoms with Crippen LogP contribution >= 0.6 is 13.5 Å². The second-order valence-electron chi connectivity index (χ2n) is 7.71. The van der Waals surface area contributed by atoms with Crippen molar-refractivity contribution >= 4 is 29.3 Å². The Kier molecular flexibility index (Phi) is 6.26. The van der Waals surface area contributed by atoms with Crippen LogP contribution in [0.5, 0.6) is 0 Å². The molecule has 0 bridgehead atoms. The lowest BCUT2D eigenvalue weighted by atomic mass is 10.00. The topological polar surface area (TPSA) is 111 Å². The van der Waals surface area contributed by atoms with E-state index in [-0.39, 0.29) is 24.4 Å². The second kappa shape index (κ2) is 8.41. The Morgan fingerprint density at radius 3 is 2.53 bits per heavy atom. The summed E-state index contributed by atoms with van der Waals surface area (Å²) in [6.45, 7) is 5.68. The van der Waals surface area contributed by atoms with Gasteiger partial charge in [0, 0.05) is 23.9 Å². The number of rotatable bonds is 6. The molecule has 30 heavy (non-hydrogen) atoms. The van der Waals surface area contributed by atoms with E-state index in [1.54, 1.807) is 30.5 Å². The zero-order valence-electron chi connectivity index (χ0n) is 17.1. The van der Waals surface area contributed by atoms with Gasteiger partial charge in [-0.05, 0) is 68.9 Å². The molecule has 2 aromatic heterocycles. The summed E-state index contributed by atoms with van der Waals surface area (Å²) in [6.07, 6.45) is 3.79. The Balaban J connectivity index is 0.00000256. The first-order valence-electron chi connectivity index (χ1n) is 9.57. The van der Waals surface area contributed by atoms with E-state index in [0.717, 1.165) is 35.2 Å². The molecule has 0 radical (unpaired) electrons. The summed E-state index contributed by atoms with van der Waals surface area (Å²) in [6, 6.07) is 8.69. The molecule has 1 aliphatic rings. The first kappa shape index (κ1) is 22.3. The number of benzene rings is 1. The molecule has 4 rings (SSSR count). The van der Waals surface area contributed by atoms with Crippen LogP contribution < -0.4 is 10.5 Å². The van der Waals surface area contributed by atoms with E-state index in [1.165, 1.54) is 0 Å². The molecular weight excluding hydrogens is 420 g/mol. The molecule has 2 heterocycles. The van der Waals surface area contributed by atoms with E-state index in [1.807, 2.05) is 26.8 Å². The molecule has 1 aliphatic carbocycles. The Bertz CT molecular complexity index is 1170. The van der Waals surface area contributed by atoms with Crippen LogP contribution in [0.4, 0.5) is 5.82 Å². The average Bonchev–Trinajstić information content (AvgIpc) is 3.44. The molecule has 1 saturated carbocycles. The molecule has 0 unspecified atom stereocenters. The number of anilines is 1. The molecule has 3 aromatic rings. The summed E-state index contributed by atoms with van der Waals surface area (Å²) in [4.78, 5) is 4.51. The smallest absolute Gasteiger partial charge is 0.240 e. The number of aryl methyl sites for hydroxylation is 2. The fourth-order valence-corrected chi connectivity index (χ4v) is 4.73. The predicted molar refractivity (Wildman–Crippen MR) is 122 cm³/mol. The van der Waals surface area contributed by atoms with Crippen LogP contribution in [0, 0.1) is 19.8 Å². The van der Waals surface area contributed by atoms with Crippen LogP contribution in [0.15, 0.2) is 45.9 Å². The normalized spacial score (nSPS) is 14.9. The van der Waals surface area contributed by atoms with E-state index in [2.05, 4.69) is 14.9 Å². The maximum Gasteiger partial charge on any atom is 0.240 e. The molecule has 1 fully saturated rings. The van der Waals surface area contributed by atoms with Crippen molar-refractivity contribution in [3.63, 3.8) is 0 Å². The van der Waals surface area contributed by atoms with Crippen molar-refractivity contribution in [1.82, 2.24) is 14.9 Å². The van der Waals surface area contributed by atoms with E-state index < -0.39 is 10.0 Å². The highest BCUT2D eigenvalue weighted by Gasteiger charge is 2.31. The maximum atomic E-state index is 12.8. The van der Waals surface area contributed by atoms with Gasteiger partial charge in [0.05, 0.1) is 16.2 Å². The highest BCUT2D eigenvalue weighted by atomic mass is 32.2. The van der Waals surface area contributed by atoms with Crippen molar-refractivity contribution in [2.75, 3.05) is 5.73 Å². The fraction of sp³-hybridized carbons (Fsp3) is 0.333. The largest absolute Gasteiger partial charge is 0.383 e. The molecule has 1 aromatic carbocycles. The highest BCUT2D eigenvalue weighted by molar-refractivity contribution is 7.89. The van der Waals surface area contributed by atoms with Crippen LogP contribution in [0.2, 0.25) is 0 Å². The SMILES string of the molecule is Cc1cc(-c2cc(-c3cc(S(=O)(=O)N[C@@H](C)C4CC4)ccc3C)cnc2N)on1.S. The Morgan fingerprint density at radius 2 is 1.90 bits per heavy atom.